The first kappa shape index (κ1) is 18.0. The molecule has 0 fully saturated rings. The molecule has 0 radical (unpaired) electrons. The van der Waals surface area contributed by atoms with E-state index in [1.54, 1.807) is 6.07 Å². The summed E-state index contributed by atoms with van der Waals surface area (Å²) in [7, 11) is 0. The molecule has 2 rings (SSSR count). The van der Waals surface area contributed by atoms with E-state index in [1.807, 2.05) is 6.92 Å². The van der Waals surface area contributed by atoms with Crippen molar-refractivity contribution < 1.29 is 18.0 Å². The average molecular weight is 359 g/mol. The van der Waals surface area contributed by atoms with Crippen molar-refractivity contribution >= 4 is 29.0 Å². The lowest BCUT2D eigenvalue weighted by molar-refractivity contribution is -0.137. The summed E-state index contributed by atoms with van der Waals surface area (Å²) in [6.45, 7) is 2.70. The van der Waals surface area contributed by atoms with Crippen LogP contribution in [0.2, 0.25) is 5.02 Å². The minimum Gasteiger partial charge on any atom is -0.369 e. The van der Waals surface area contributed by atoms with Crippen molar-refractivity contribution in [3.05, 3.63) is 46.6 Å². The van der Waals surface area contributed by atoms with Gasteiger partial charge in [-0.15, -0.1) is 10.2 Å². The third kappa shape index (κ3) is 4.58. The zero-order chi connectivity index (χ0) is 17.7. The molecule has 0 unspecified atom stereocenters. The predicted octanol–water partition coefficient (Wildman–Crippen LogP) is 4.22. The number of aromatic nitrogens is 2. The summed E-state index contributed by atoms with van der Waals surface area (Å²) < 4.78 is 38.4. The molecule has 5 nitrogen and oxygen atoms in total. The zero-order valence-electron chi connectivity index (χ0n) is 12.6. The Labute approximate surface area is 141 Å². The first-order valence-electron chi connectivity index (χ1n) is 7.07. The minimum absolute atomic E-state index is 0.0134. The largest absolute Gasteiger partial charge is 0.417 e. The van der Waals surface area contributed by atoms with Gasteiger partial charge in [-0.05, 0) is 36.8 Å². The summed E-state index contributed by atoms with van der Waals surface area (Å²) in [5.74, 6) is -0.153. The van der Waals surface area contributed by atoms with Crippen molar-refractivity contribution in [1.82, 2.24) is 10.2 Å². The fourth-order valence-electron chi connectivity index (χ4n) is 1.82. The van der Waals surface area contributed by atoms with Gasteiger partial charge in [-0.25, -0.2) is 0 Å². The van der Waals surface area contributed by atoms with Crippen LogP contribution in [-0.4, -0.2) is 22.6 Å². The number of amides is 1. The van der Waals surface area contributed by atoms with Crippen molar-refractivity contribution in [3.8, 4) is 0 Å². The van der Waals surface area contributed by atoms with E-state index in [0.717, 1.165) is 18.6 Å². The Morgan fingerprint density at radius 2 is 1.96 bits per heavy atom. The van der Waals surface area contributed by atoms with Gasteiger partial charge in [-0.1, -0.05) is 18.5 Å². The number of anilines is 2. The van der Waals surface area contributed by atoms with E-state index in [9.17, 15) is 18.0 Å². The Bertz CT molecular complexity index is 720. The second kappa shape index (κ2) is 7.48. The highest BCUT2D eigenvalue weighted by atomic mass is 35.5. The van der Waals surface area contributed by atoms with E-state index in [0.29, 0.717) is 12.4 Å². The van der Waals surface area contributed by atoms with E-state index in [-0.39, 0.29) is 11.4 Å². The van der Waals surface area contributed by atoms with Crippen LogP contribution in [0, 0.1) is 0 Å². The number of nitrogens with zero attached hydrogens (tertiary/aromatic N) is 2. The first-order valence-corrected chi connectivity index (χ1v) is 7.44. The van der Waals surface area contributed by atoms with Crippen LogP contribution in [-0.2, 0) is 6.18 Å². The summed E-state index contributed by atoms with van der Waals surface area (Å²) in [5.41, 5.74) is -1.07. The first-order chi connectivity index (χ1) is 11.3. The molecule has 1 aromatic heterocycles. The van der Waals surface area contributed by atoms with Crippen molar-refractivity contribution in [1.29, 1.82) is 0 Å². The number of hydrogen-bond donors (Lipinski definition) is 2. The number of rotatable bonds is 5. The summed E-state index contributed by atoms with van der Waals surface area (Å²) in [6, 6.07) is 6.12. The van der Waals surface area contributed by atoms with Gasteiger partial charge < -0.3 is 10.6 Å². The lowest BCUT2D eigenvalue weighted by atomic mass is 10.2. The lowest BCUT2D eigenvalue weighted by Gasteiger charge is -2.11. The Morgan fingerprint density at radius 3 is 2.54 bits per heavy atom. The highest BCUT2D eigenvalue weighted by Crippen LogP contribution is 2.36. The number of alkyl halides is 3. The van der Waals surface area contributed by atoms with Gasteiger partial charge in [0.15, 0.2) is 5.69 Å². The van der Waals surface area contributed by atoms with Crippen LogP contribution in [0.4, 0.5) is 24.7 Å². The third-order valence-corrected chi connectivity index (χ3v) is 3.31. The van der Waals surface area contributed by atoms with Gasteiger partial charge in [0.2, 0.25) is 0 Å². The van der Waals surface area contributed by atoms with Gasteiger partial charge >= 0.3 is 6.18 Å². The van der Waals surface area contributed by atoms with Crippen LogP contribution in [0.3, 0.4) is 0 Å². The number of carbonyl (C=O) groups is 1. The SMILES string of the molecule is CCCNc1ccc(C(=O)Nc2ccc(Cl)c(C(F)(F)F)c2)nn1. The zero-order valence-corrected chi connectivity index (χ0v) is 13.4. The average Bonchev–Trinajstić information content (AvgIpc) is 2.54. The van der Waals surface area contributed by atoms with Crippen LogP contribution in [0.5, 0.6) is 0 Å². The smallest absolute Gasteiger partial charge is 0.369 e. The minimum atomic E-state index is -4.61. The molecule has 0 spiro atoms. The Kier molecular flexibility index (Phi) is 5.61. The van der Waals surface area contributed by atoms with Crippen LogP contribution < -0.4 is 10.6 Å². The van der Waals surface area contributed by atoms with Crippen molar-refractivity contribution in [2.24, 2.45) is 0 Å². The summed E-state index contributed by atoms with van der Waals surface area (Å²) in [5, 5.41) is 12.5. The summed E-state index contributed by atoms with van der Waals surface area (Å²) in [4.78, 5) is 12.0. The molecule has 1 amide bonds. The maximum Gasteiger partial charge on any atom is 0.417 e. The van der Waals surface area contributed by atoms with Crippen molar-refractivity contribution in [2.75, 3.05) is 17.2 Å². The fourth-order valence-corrected chi connectivity index (χ4v) is 2.04. The van der Waals surface area contributed by atoms with E-state index in [1.165, 1.54) is 12.1 Å². The normalized spacial score (nSPS) is 11.2. The van der Waals surface area contributed by atoms with Gasteiger partial charge in [0.1, 0.15) is 5.82 Å². The molecule has 0 saturated heterocycles. The molecule has 0 saturated carbocycles. The molecule has 1 heterocycles. The summed E-state index contributed by atoms with van der Waals surface area (Å²) in [6.07, 6.45) is -3.70. The van der Waals surface area contributed by atoms with Gasteiger partial charge in [-0.2, -0.15) is 13.2 Å². The molecule has 0 bridgehead atoms. The third-order valence-electron chi connectivity index (χ3n) is 2.98. The van der Waals surface area contributed by atoms with Crippen LogP contribution >= 0.6 is 11.6 Å². The van der Waals surface area contributed by atoms with Crippen LogP contribution in [0.25, 0.3) is 0 Å². The Morgan fingerprint density at radius 1 is 1.21 bits per heavy atom. The van der Waals surface area contributed by atoms with E-state index in [4.69, 9.17) is 11.6 Å². The quantitative estimate of drug-likeness (QED) is 0.839. The molecular formula is C15H14ClF3N4O. The van der Waals surface area contributed by atoms with E-state index < -0.39 is 22.7 Å². The molecular weight excluding hydrogens is 345 g/mol. The standard InChI is InChI=1S/C15H14ClF3N4O/c1-2-7-20-13-6-5-12(22-23-13)14(24)21-9-3-4-11(16)10(8-9)15(17,18)19/h3-6,8H,2,7H2,1H3,(H,20,23)(H,21,24). The molecule has 128 valence electrons. The Balaban J connectivity index is 2.12. The molecule has 24 heavy (non-hydrogen) atoms. The van der Waals surface area contributed by atoms with E-state index >= 15 is 0 Å². The van der Waals surface area contributed by atoms with Gasteiger partial charge in [-0.3, -0.25) is 4.79 Å². The maximum atomic E-state index is 12.8. The number of carbonyl (C=O) groups excluding carboxylic acids is 1. The molecule has 0 atom stereocenters. The Hall–Kier alpha value is -2.35. The highest BCUT2D eigenvalue weighted by molar-refractivity contribution is 6.31. The van der Waals surface area contributed by atoms with Gasteiger partial charge in [0.25, 0.3) is 5.91 Å². The molecule has 2 N–H and O–H groups in total. The lowest BCUT2D eigenvalue weighted by Crippen LogP contribution is -2.16. The second-order valence-electron chi connectivity index (χ2n) is 4.88. The maximum absolute atomic E-state index is 12.8. The van der Waals surface area contributed by atoms with E-state index in [2.05, 4.69) is 20.8 Å². The number of hydrogen-bond acceptors (Lipinski definition) is 4. The van der Waals surface area contributed by atoms with Gasteiger partial charge in [0.05, 0.1) is 10.6 Å². The number of halogens is 4. The number of nitrogens with one attached hydrogen (secondary N) is 2. The highest BCUT2D eigenvalue weighted by Gasteiger charge is 2.33. The van der Waals surface area contributed by atoms with Gasteiger partial charge in [0, 0.05) is 12.2 Å². The molecule has 0 aliphatic carbocycles. The van der Waals surface area contributed by atoms with Crippen molar-refractivity contribution in [3.63, 3.8) is 0 Å². The number of benzene rings is 1. The van der Waals surface area contributed by atoms with Crippen LogP contribution in [0.1, 0.15) is 29.4 Å². The molecule has 0 aliphatic heterocycles. The molecule has 1 aromatic carbocycles. The monoisotopic (exact) mass is 358 g/mol. The van der Waals surface area contributed by atoms with Crippen LogP contribution in [0.15, 0.2) is 30.3 Å². The molecule has 9 heteroatoms. The fraction of sp³-hybridized carbons (Fsp3) is 0.267. The molecule has 2 aromatic rings. The predicted molar refractivity (Wildman–Crippen MR) is 85.2 cm³/mol. The molecule has 0 aliphatic rings. The van der Waals surface area contributed by atoms with Crippen molar-refractivity contribution in [2.45, 2.75) is 19.5 Å². The second-order valence-corrected chi connectivity index (χ2v) is 5.28. The summed E-state index contributed by atoms with van der Waals surface area (Å²) >= 11 is 5.53. The topological polar surface area (TPSA) is 66.9 Å².